The van der Waals surface area contributed by atoms with Crippen molar-refractivity contribution in [3.8, 4) is 11.3 Å². The summed E-state index contributed by atoms with van der Waals surface area (Å²) in [6, 6.07) is 10.4. The van der Waals surface area contributed by atoms with Crippen molar-refractivity contribution in [2.24, 2.45) is 0 Å². The number of fused-ring (bicyclic) bond motifs is 1. The molecule has 2 aromatic heterocycles. The second-order valence-corrected chi connectivity index (χ2v) is 11.5. The van der Waals surface area contributed by atoms with Crippen LogP contribution < -0.4 is 5.32 Å². The van der Waals surface area contributed by atoms with Crippen molar-refractivity contribution >= 4 is 26.8 Å². The Labute approximate surface area is 181 Å². The Morgan fingerprint density at radius 1 is 1.23 bits per heavy atom. The Morgan fingerprint density at radius 2 is 1.97 bits per heavy atom. The molecule has 1 aliphatic carbocycles. The van der Waals surface area contributed by atoms with E-state index >= 15 is 0 Å². The second-order valence-electron chi connectivity index (χ2n) is 9.43. The van der Waals surface area contributed by atoms with E-state index in [4.69, 9.17) is 5.10 Å². The SMILES string of the molecule is CC(C)n1nc(-c2cccc(C3CC3)c2)c2ncc(C(=O)NC3(C)CS(=O)(=O)C3)cc21. The fourth-order valence-electron chi connectivity index (χ4n) is 4.43. The Balaban J connectivity index is 1.52. The number of nitrogens with one attached hydrogen (secondary N) is 1. The third kappa shape index (κ3) is 3.73. The topological polar surface area (TPSA) is 93.9 Å². The highest BCUT2D eigenvalue weighted by molar-refractivity contribution is 7.93. The van der Waals surface area contributed by atoms with Crippen LogP contribution in [0.25, 0.3) is 22.3 Å². The van der Waals surface area contributed by atoms with Gasteiger partial charge < -0.3 is 5.32 Å². The molecule has 2 aliphatic rings. The van der Waals surface area contributed by atoms with Gasteiger partial charge in [-0.05, 0) is 57.2 Å². The molecule has 5 rings (SSSR count). The summed E-state index contributed by atoms with van der Waals surface area (Å²) < 4.78 is 25.0. The molecule has 0 spiro atoms. The maximum absolute atomic E-state index is 12.8. The van der Waals surface area contributed by atoms with E-state index in [0.29, 0.717) is 11.5 Å². The number of pyridine rings is 1. The number of carbonyl (C=O) groups is 1. The highest BCUT2D eigenvalue weighted by Crippen LogP contribution is 2.41. The summed E-state index contributed by atoms with van der Waals surface area (Å²) in [7, 11) is -3.05. The van der Waals surface area contributed by atoms with E-state index in [2.05, 4.69) is 34.6 Å². The van der Waals surface area contributed by atoms with Gasteiger partial charge >= 0.3 is 0 Å². The predicted octanol–water partition coefficient (Wildman–Crippen LogP) is 3.47. The van der Waals surface area contributed by atoms with Crippen molar-refractivity contribution in [1.29, 1.82) is 0 Å². The molecule has 1 aromatic carbocycles. The Kier molecular flexibility index (Phi) is 4.48. The molecule has 1 aliphatic heterocycles. The third-order valence-corrected chi connectivity index (χ3v) is 8.15. The summed E-state index contributed by atoms with van der Waals surface area (Å²) in [5.41, 5.74) is 4.41. The minimum atomic E-state index is -3.05. The van der Waals surface area contributed by atoms with Gasteiger partial charge in [-0.25, -0.2) is 8.42 Å². The van der Waals surface area contributed by atoms with Gasteiger partial charge in [-0.15, -0.1) is 0 Å². The highest BCUT2D eigenvalue weighted by Gasteiger charge is 2.45. The first-order chi connectivity index (χ1) is 14.6. The van der Waals surface area contributed by atoms with Crippen LogP contribution in [0.3, 0.4) is 0 Å². The molecule has 3 heterocycles. The second kappa shape index (κ2) is 6.88. The van der Waals surface area contributed by atoms with Gasteiger partial charge in [0, 0.05) is 17.8 Å². The van der Waals surface area contributed by atoms with Gasteiger partial charge in [-0.2, -0.15) is 5.10 Å². The summed E-state index contributed by atoms with van der Waals surface area (Å²) in [4.78, 5) is 17.4. The Bertz CT molecular complexity index is 1290. The van der Waals surface area contributed by atoms with Crippen LogP contribution in [0.4, 0.5) is 0 Å². The molecule has 7 nitrogen and oxygen atoms in total. The molecule has 8 heteroatoms. The van der Waals surface area contributed by atoms with E-state index in [0.717, 1.165) is 22.3 Å². The zero-order valence-corrected chi connectivity index (χ0v) is 18.7. The first-order valence-electron chi connectivity index (χ1n) is 10.7. The molecule has 1 amide bonds. The summed E-state index contributed by atoms with van der Waals surface area (Å²) in [6.07, 6.45) is 4.03. The molecule has 31 heavy (non-hydrogen) atoms. The first-order valence-corrected chi connectivity index (χ1v) is 12.5. The molecular weight excluding hydrogens is 412 g/mol. The van der Waals surface area contributed by atoms with Crippen molar-refractivity contribution in [1.82, 2.24) is 20.1 Å². The van der Waals surface area contributed by atoms with Crippen molar-refractivity contribution in [3.63, 3.8) is 0 Å². The van der Waals surface area contributed by atoms with E-state index in [9.17, 15) is 13.2 Å². The average Bonchev–Trinajstić information content (AvgIpc) is 3.46. The largest absolute Gasteiger partial charge is 0.345 e. The standard InChI is InChI=1S/C23H26N4O3S/c1-14(2)27-19-10-18(22(28)25-23(3)12-31(29,30)13-23)11-24-21(19)20(26-27)17-6-4-5-16(9-17)15-7-8-15/h4-6,9-11,14-15H,7-8,12-13H2,1-3H3,(H,25,28). The van der Waals surface area contributed by atoms with E-state index < -0.39 is 15.4 Å². The quantitative estimate of drug-likeness (QED) is 0.658. The molecule has 162 valence electrons. The lowest BCUT2D eigenvalue weighted by Gasteiger charge is -2.38. The van der Waals surface area contributed by atoms with Gasteiger partial charge in [0.15, 0.2) is 9.84 Å². The Hall–Kier alpha value is -2.74. The molecule has 0 radical (unpaired) electrons. The summed E-state index contributed by atoms with van der Waals surface area (Å²) in [5, 5.41) is 7.70. The van der Waals surface area contributed by atoms with Crippen LogP contribution in [0, 0.1) is 0 Å². The van der Waals surface area contributed by atoms with Gasteiger partial charge in [-0.3, -0.25) is 14.5 Å². The zero-order valence-electron chi connectivity index (χ0n) is 17.9. The van der Waals surface area contributed by atoms with Gasteiger partial charge in [0.1, 0.15) is 11.2 Å². The van der Waals surface area contributed by atoms with Gasteiger partial charge in [0.2, 0.25) is 0 Å². The van der Waals surface area contributed by atoms with Crippen LogP contribution >= 0.6 is 0 Å². The lowest BCUT2D eigenvalue weighted by molar-refractivity contribution is 0.0916. The van der Waals surface area contributed by atoms with Crippen LogP contribution in [0.2, 0.25) is 0 Å². The van der Waals surface area contributed by atoms with Crippen LogP contribution in [-0.4, -0.2) is 46.1 Å². The molecule has 3 aromatic rings. The maximum Gasteiger partial charge on any atom is 0.253 e. The minimum absolute atomic E-state index is 0.0349. The number of hydrogen-bond donors (Lipinski definition) is 1. The van der Waals surface area contributed by atoms with Crippen LogP contribution in [0.1, 0.15) is 61.5 Å². The monoisotopic (exact) mass is 438 g/mol. The number of benzene rings is 1. The lowest BCUT2D eigenvalue weighted by atomic mass is 10.0. The molecule has 2 fully saturated rings. The number of rotatable bonds is 5. The summed E-state index contributed by atoms with van der Waals surface area (Å²) in [6.45, 7) is 5.84. The molecule has 0 unspecified atom stereocenters. The number of amides is 1. The lowest BCUT2D eigenvalue weighted by Crippen LogP contribution is -2.63. The fraction of sp³-hybridized carbons (Fsp3) is 0.435. The van der Waals surface area contributed by atoms with E-state index in [-0.39, 0.29) is 23.5 Å². The van der Waals surface area contributed by atoms with Crippen molar-refractivity contribution in [3.05, 3.63) is 47.7 Å². The van der Waals surface area contributed by atoms with Crippen LogP contribution in [0.5, 0.6) is 0 Å². The van der Waals surface area contributed by atoms with Crippen molar-refractivity contribution in [2.45, 2.75) is 51.1 Å². The molecule has 1 N–H and O–H groups in total. The van der Waals surface area contributed by atoms with Crippen LogP contribution in [0.15, 0.2) is 36.5 Å². The normalized spacial score (nSPS) is 19.4. The molecular formula is C23H26N4O3S. The maximum atomic E-state index is 12.8. The average molecular weight is 439 g/mol. The smallest absolute Gasteiger partial charge is 0.253 e. The zero-order chi connectivity index (χ0) is 22.0. The summed E-state index contributed by atoms with van der Waals surface area (Å²) in [5.74, 6) is 0.263. The first kappa shape index (κ1) is 20.2. The highest BCUT2D eigenvalue weighted by atomic mass is 32.2. The summed E-state index contributed by atoms with van der Waals surface area (Å²) >= 11 is 0. The minimum Gasteiger partial charge on any atom is -0.345 e. The number of carbonyl (C=O) groups excluding carboxylic acids is 1. The number of hydrogen-bond acceptors (Lipinski definition) is 5. The molecule has 1 saturated carbocycles. The molecule has 1 saturated heterocycles. The van der Waals surface area contributed by atoms with Gasteiger partial charge in [-0.1, -0.05) is 18.2 Å². The van der Waals surface area contributed by atoms with E-state index in [1.807, 2.05) is 18.5 Å². The van der Waals surface area contributed by atoms with Gasteiger partial charge in [0.25, 0.3) is 5.91 Å². The fourth-order valence-corrected chi connectivity index (χ4v) is 6.44. The number of nitrogens with zero attached hydrogens (tertiary/aromatic N) is 3. The number of sulfone groups is 1. The molecule has 0 bridgehead atoms. The van der Waals surface area contributed by atoms with E-state index in [1.165, 1.54) is 18.4 Å². The predicted molar refractivity (Wildman–Crippen MR) is 120 cm³/mol. The Morgan fingerprint density at radius 3 is 2.61 bits per heavy atom. The van der Waals surface area contributed by atoms with Gasteiger partial charge in [0.05, 0.1) is 28.1 Å². The van der Waals surface area contributed by atoms with Crippen LogP contribution in [-0.2, 0) is 9.84 Å². The third-order valence-electron chi connectivity index (χ3n) is 6.00. The van der Waals surface area contributed by atoms with Crippen molar-refractivity contribution in [2.75, 3.05) is 11.5 Å². The van der Waals surface area contributed by atoms with Crippen molar-refractivity contribution < 1.29 is 13.2 Å². The molecule has 0 atom stereocenters. The number of aromatic nitrogens is 3. The van der Waals surface area contributed by atoms with E-state index in [1.54, 1.807) is 19.2 Å².